The van der Waals surface area contributed by atoms with Crippen molar-refractivity contribution in [3.05, 3.63) is 91.0 Å². The Balaban J connectivity index is 1.55. The number of carboxylic acid groups (broad SMARTS) is 1. The van der Waals surface area contributed by atoms with Gasteiger partial charge in [-0.1, -0.05) is 48.5 Å². The van der Waals surface area contributed by atoms with Gasteiger partial charge in [-0.05, 0) is 50.9 Å². The zero-order valence-corrected chi connectivity index (χ0v) is 18.0. The van der Waals surface area contributed by atoms with Crippen LogP contribution in [0.4, 0.5) is 16.2 Å². The fourth-order valence-electron chi connectivity index (χ4n) is 3.72. The van der Waals surface area contributed by atoms with Crippen LogP contribution in [0.1, 0.15) is 27.4 Å². The lowest BCUT2D eigenvalue weighted by Crippen LogP contribution is -2.19. The van der Waals surface area contributed by atoms with Crippen LogP contribution in [0.2, 0.25) is 0 Å². The molecule has 9 heteroatoms. The van der Waals surface area contributed by atoms with Gasteiger partial charge in [0, 0.05) is 15.6 Å². The minimum atomic E-state index is -1.30. The smallest absolute Gasteiger partial charge is 0.411 e. The summed E-state index contributed by atoms with van der Waals surface area (Å²) >= 11 is 1.74. The van der Waals surface area contributed by atoms with Crippen LogP contribution in [-0.4, -0.2) is 28.7 Å². The van der Waals surface area contributed by atoms with E-state index in [-0.39, 0.29) is 27.3 Å². The van der Waals surface area contributed by atoms with Gasteiger partial charge in [-0.3, -0.25) is 15.4 Å². The van der Waals surface area contributed by atoms with Crippen molar-refractivity contribution in [2.75, 3.05) is 11.9 Å². The summed E-state index contributed by atoms with van der Waals surface area (Å²) in [4.78, 5) is 34.3. The number of nitro groups is 1. The van der Waals surface area contributed by atoms with Crippen molar-refractivity contribution >= 4 is 46.0 Å². The van der Waals surface area contributed by atoms with Gasteiger partial charge in [0.15, 0.2) is 0 Å². The van der Waals surface area contributed by atoms with Crippen LogP contribution in [0.3, 0.4) is 0 Å². The van der Waals surface area contributed by atoms with E-state index in [1.165, 1.54) is 6.07 Å². The standard InChI is InChI=1S/C22H15IN2O6/c23-18-9-12(21(26)27)10-19(25(29)30)20(18)24-22(28)31-11-17-15-7-3-1-5-13(15)14-6-2-4-8-16(14)17/h1-10,17H,11H2,(H,24,28)(H,26,27). The van der Waals surface area contributed by atoms with E-state index in [2.05, 4.69) is 5.32 Å². The summed E-state index contributed by atoms with van der Waals surface area (Å²) in [7, 11) is 0. The van der Waals surface area contributed by atoms with Crippen LogP contribution in [-0.2, 0) is 4.74 Å². The van der Waals surface area contributed by atoms with Crippen LogP contribution in [0, 0.1) is 13.7 Å². The number of fused-ring (bicyclic) bond motifs is 3. The Hall–Kier alpha value is -3.47. The van der Waals surface area contributed by atoms with Crippen molar-refractivity contribution in [3.8, 4) is 11.1 Å². The highest BCUT2D eigenvalue weighted by molar-refractivity contribution is 14.1. The average molecular weight is 530 g/mol. The molecule has 156 valence electrons. The van der Waals surface area contributed by atoms with Gasteiger partial charge in [0.05, 0.1) is 10.5 Å². The maximum atomic E-state index is 12.5. The van der Waals surface area contributed by atoms with Crippen LogP contribution in [0.25, 0.3) is 11.1 Å². The second-order valence-corrected chi connectivity index (χ2v) is 8.03. The van der Waals surface area contributed by atoms with E-state index >= 15 is 0 Å². The van der Waals surface area contributed by atoms with E-state index in [4.69, 9.17) is 9.84 Å². The van der Waals surface area contributed by atoms with Gasteiger partial charge in [-0.25, -0.2) is 9.59 Å². The Morgan fingerprint density at radius 2 is 1.65 bits per heavy atom. The summed E-state index contributed by atoms with van der Waals surface area (Å²) in [6.45, 7) is 0.0530. The zero-order chi connectivity index (χ0) is 22.1. The second kappa shape index (κ2) is 8.34. The molecule has 0 atom stereocenters. The highest BCUT2D eigenvalue weighted by atomic mass is 127. The first-order valence-corrected chi connectivity index (χ1v) is 10.3. The highest BCUT2D eigenvalue weighted by Crippen LogP contribution is 2.44. The molecule has 1 amide bonds. The molecule has 0 heterocycles. The Labute approximate surface area is 190 Å². The molecular weight excluding hydrogens is 515 g/mol. The number of hydrogen-bond acceptors (Lipinski definition) is 5. The number of aromatic carboxylic acids is 1. The summed E-state index contributed by atoms with van der Waals surface area (Å²) in [5, 5.41) is 22.9. The lowest BCUT2D eigenvalue weighted by atomic mass is 9.98. The summed E-state index contributed by atoms with van der Waals surface area (Å²) in [5.74, 6) is -1.45. The summed E-state index contributed by atoms with van der Waals surface area (Å²) < 4.78 is 5.64. The fraction of sp³-hybridized carbons (Fsp3) is 0.0909. The van der Waals surface area contributed by atoms with Gasteiger partial charge < -0.3 is 9.84 Å². The molecule has 3 aromatic carbocycles. The fourth-order valence-corrected chi connectivity index (χ4v) is 4.47. The Morgan fingerprint density at radius 1 is 1.06 bits per heavy atom. The Bertz CT molecular complexity index is 1180. The lowest BCUT2D eigenvalue weighted by molar-refractivity contribution is -0.384. The molecule has 0 fully saturated rings. The summed E-state index contributed by atoms with van der Waals surface area (Å²) in [6.07, 6.45) is -0.856. The quantitative estimate of drug-likeness (QED) is 0.264. The maximum absolute atomic E-state index is 12.5. The largest absolute Gasteiger partial charge is 0.478 e. The topological polar surface area (TPSA) is 119 Å². The lowest BCUT2D eigenvalue weighted by Gasteiger charge is -2.15. The molecule has 0 spiro atoms. The molecule has 31 heavy (non-hydrogen) atoms. The van der Waals surface area contributed by atoms with Gasteiger partial charge in [-0.2, -0.15) is 0 Å². The third kappa shape index (κ3) is 3.96. The third-order valence-electron chi connectivity index (χ3n) is 5.08. The molecule has 0 aliphatic heterocycles. The molecule has 1 aliphatic carbocycles. The van der Waals surface area contributed by atoms with Crippen molar-refractivity contribution in [2.45, 2.75) is 5.92 Å². The number of benzene rings is 3. The highest BCUT2D eigenvalue weighted by Gasteiger charge is 2.29. The molecule has 4 rings (SSSR count). The number of carbonyl (C=O) groups excluding carboxylic acids is 1. The first kappa shape index (κ1) is 20.8. The van der Waals surface area contributed by atoms with E-state index in [1.54, 1.807) is 22.6 Å². The number of anilines is 1. The van der Waals surface area contributed by atoms with Gasteiger partial charge in [-0.15, -0.1) is 0 Å². The minimum Gasteiger partial charge on any atom is -0.478 e. The average Bonchev–Trinajstić information content (AvgIpc) is 3.07. The van der Waals surface area contributed by atoms with Crippen LogP contribution in [0.15, 0.2) is 60.7 Å². The van der Waals surface area contributed by atoms with Crippen molar-refractivity contribution in [1.82, 2.24) is 0 Å². The number of hydrogen-bond donors (Lipinski definition) is 2. The number of nitro benzene ring substituents is 1. The normalized spacial score (nSPS) is 12.0. The van der Waals surface area contributed by atoms with E-state index in [1.807, 2.05) is 48.5 Å². The third-order valence-corrected chi connectivity index (χ3v) is 5.93. The number of amides is 1. The van der Waals surface area contributed by atoms with Gasteiger partial charge in [0.25, 0.3) is 5.69 Å². The molecule has 3 aromatic rings. The van der Waals surface area contributed by atoms with E-state index < -0.39 is 22.7 Å². The molecule has 8 nitrogen and oxygen atoms in total. The van der Waals surface area contributed by atoms with E-state index in [0.717, 1.165) is 28.3 Å². The molecule has 2 N–H and O–H groups in total. The molecule has 0 saturated heterocycles. The zero-order valence-electron chi connectivity index (χ0n) is 15.9. The van der Waals surface area contributed by atoms with Crippen molar-refractivity contribution in [3.63, 3.8) is 0 Å². The van der Waals surface area contributed by atoms with E-state index in [0.29, 0.717) is 0 Å². The van der Waals surface area contributed by atoms with Gasteiger partial charge >= 0.3 is 12.1 Å². The number of carboxylic acids is 1. The summed E-state index contributed by atoms with van der Waals surface area (Å²) in [6, 6.07) is 17.9. The first-order valence-electron chi connectivity index (χ1n) is 9.20. The predicted octanol–water partition coefficient (Wildman–Crippen LogP) is 5.26. The van der Waals surface area contributed by atoms with Crippen molar-refractivity contribution < 1.29 is 24.4 Å². The molecule has 0 saturated carbocycles. The number of carbonyl (C=O) groups is 2. The SMILES string of the molecule is O=C(Nc1c(I)cc(C(=O)O)cc1[N+](=O)[O-])OCC1c2ccccc2-c2ccccc21. The molecule has 0 unspecified atom stereocenters. The van der Waals surface area contributed by atoms with Gasteiger partial charge in [0.1, 0.15) is 12.3 Å². The monoisotopic (exact) mass is 530 g/mol. The van der Waals surface area contributed by atoms with Crippen LogP contribution < -0.4 is 5.32 Å². The second-order valence-electron chi connectivity index (χ2n) is 6.87. The van der Waals surface area contributed by atoms with E-state index in [9.17, 15) is 19.7 Å². The molecule has 0 radical (unpaired) electrons. The Morgan fingerprint density at radius 3 is 2.19 bits per heavy atom. The molecule has 0 aromatic heterocycles. The van der Waals surface area contributed by atoms with Crippen molar-refractivity contribution in [2.24, 2.45) is 0 Å². The maximum Gasteiger partial charge on any atom is 0.411 e. The molecule has 1 aliphatic rings. The summed E-state index contributed by atoms with van der Waals surface area (Å²) in [5.41, 5.74) is 3.40. The van der Waals surface area contributed by atoms with Crippen LogP contribution in [0.5, 0.6) is 0 Å². The first-order chi connectivity index (χ1) is 14.9. The molecule has 0 bridgehead atoms. The number of halogens is 1. The number of rotatable bonds is 5. The predicted molar refractivity (Wildman–Crippen MR) is 121 cm³/mol. The minimum absolute atomic E-state index is 0.0530. The van der Waals surface area contributed by atoms with Crippen LogP contribution >= 0.6 is 22.6 Å². The number of nitrogens with one attached hydrogen (secondary N) is 1. The number of nitrogens with zero attached hydrogens (tertiary/aromatic N) is 1. The number of ether oxygens (including phenoxy) is 1. The Kier molecular flexibility index (Phi) is 5.59. The molecular formula is C22H15IN2O6. The van der Waals surface area contributed by atoms with Gasteiger partial charge in [0.2, 0.25) is 0 Å². The van der Waals surface area contributed by atoms with Crippen molar-refractivity contribution in [1.29, 1.82) is 0 Å².